The molecule has 24 heavy (non-hydrogen) atoms. The number of aryl methyl sites for hydroxylation is 1. The fraction of sp³-hybridized carbons (Fsp3) is 0.529. The van der Waals surface area contributed by atoms with Crippen LogP contribution < -0.4 is 0 Å². The minimum absolute atomic E-state index is 0.0629. The van der Waals surface area contributed by atoms with Crippen LogP contribution in [-0.4, -0.2) is 58.1 Å². The fourth-order valence-electron chi connectivity index (χ4n) is 3.25. The number of hydrogen-bond acceptors (Lipinski definition) is 5. The quantitative estimate of drug-likeness (QED) is 0.848. The molecule has 7 heteroatoms. The fourth-order valence-corrected chi connectivity index (χ4v) is 3.25. The summed E-state index contributed by atoms with van der Waals surface area (Å²) in [4.78, 5) is 21.4. The zero-order chi connectivity index (χ0) is 16.5. The van der Waals surface area contributed by atoms with Crippen LogP contribution in [0.5, 0.6) is 0 Å². The predicted molar refractivity (Wildman–Crippen MR) is 86.5 cm³/mol. The molecule has 1 saturated heterocycles. The van der Waals surface area contributed by atoms with Crippen molar-refractivity contribution in [2.45, 2.75) is 26.6 Å². The van der Waals surface area contributed by atoms with Gasteiger partial charge >= 0.3 is 0 Å². The van der Waals surface area contributed by atoms with E-state index < -0.39 is 0 Å². The minimum Gasteiger partial charge on any atom is -0.456 e. The molecule has 0 atom stereocenters. The number of hydrogen-bond donors (Lipinski definition) is 0. The highest BCUT2D eigenvalue weighted by molar-refractivity contribution is 5.91. The molecule has 0 saturated carbocycles. The average molecular weight is 330 g/mol. The Morgan fingerprint density at radius 2 is 2.04 bits per heavy atom. The third-order valence-electron chi connectivity index (χ3n) is 4.58. The molecule has 2 aliphatic heterocycles. The van der Waals surface area contributed by atoms with E-state index in [9.17, 15) is 4.79 Å². The number of fused-ring (bicyclic) bond motifs is 1. The SMILES string of the molecule is Cc1ccc(C(=O)N2CCn3cc(CN4CCOCC4)nc3C2)o1. The zero-order valence-electron chi connectivity index (χ0n) is 13.9. The third-order valence-corrected chi connectivity index (χ3v) is 4.58. The molecule has 0 radical (unpaired) electrons. The maximum absolute atomic E-state index is 12.5. The topological polar surface area (TPSA) is 63.7 Å². The number of morpholine rings is 1. The first kappa shape index (κ1) is 15.4. The number of carbonyl (C=O) groups excluding carboxylic acids is 1. The van der Waals surface area contributed by atoms with Crippen molar-refractivity contribution in [1.82, 2.24) is 19.4 Å². The van der Waals surface area contributed by atoms with E-state index in [1.165, 1.54) is 0 Å². The average Bonchev–Trinajstić information content (AvgIpc) is 3.20. The van der Waals surface area contributed by atoms with Crippen molar-refractivity contribution in [3.8, 4) is 0 Å². The van der Waals surface area contributed by atoms with Crippen LogP contribution in [0.25, 0.3) is 0 Å². The molecule has 0 N–H and O–H groups in total. The van der Waals surface area contributed by atoms with Crippen molar-refractivity contribution in [2.24, 2.45) is 0 Å². The van der Waals surface area contributed by atoms with Gasteiger partial charge in [0.15, 0.2) is 5.76 Å². The van der Waals surface area contributed by atoms with Gasteiger partial charge in [-0.05, 0) is 19.1 Å². The Hall–Kier alpha value is -2.12. The summed E-state index contributed by atoms with van der Waals surface area (Å²) >= 11 is 0. The van der Waals surface area contributed by atoms with Crippen LogP contribution in [0.1, 0.15) is 27.8 Å². The zero-order valence-corrected chi connectivity index (χ0v) is 13.9. The highest BCUT2D eigenvalue weighted by atomic mass is 16.5. The summed E-state index contributed by atoms with van der Waals surface area (Å²) in [5, 5.41) is 0. The van der Waals surface area contributed by atoms with Gasteiger partial charge in [0.25, 0.3) is 5.91 Å². The summed E-state index contributed by atoms with van der Waals surface area (Å²) in [6.07, 6.45) is 2.11. The Bertz CT molecular complexity index is 730. The molecular formula is C17H22N4O3. The lowest BCUT2D eigenvalue weighted by Gasteiger charge is -2.26. The number of amides is 1. The molecule has 0 aromatic carbocycles. The van der Waals surface area contributed by atoms with Crippen LogP contribution in [-0.2, 0) is 24.4 Å². The van der Waals surface area contributed by atoms with Gasteiger partial charge in [-0.2, -0.15) is 0 Å². The molecule has 4 rings (SSSR count). The second kappa shape index (κ2) is 6.41. The first-order valence-electron chi connectivity index (χ1n) is 8.40. The Morgan fingerprint density at radius 1 is 1.21 bits per heavy atom. The van der Waals surface area contributed by atoms with Crippen molar-refractivity contribution >= 4 is 5.91 Å². The Labute approximate surface area is 140 Å². The Kier molecular flexibility index (Phi) is 4.12. The first-order valence-corrected chi connectivity index (χ1v) is 8.40. The van der Waals surface area contributed by atoms with Gasteiger partial charge in [-0.15, -0.1) is 0 Å². The Morgan fingerprint density at radius 3 is 2.79 bits per heavy atom. The smallest absolute Gasteiger partial charge is 0.290 e. The lowest BCUT2D eigenvalue weighted by atomic mass is 10.3. The van der Waals surface area contributed by atoms with Crippen molar-refractivity contribution < 1.29 is 13.9 Å². The van der Waals surface area contributed by atoms with E-state index in [0.29, 0.717) is 18.8 Å². The second-order valence-corrected chi connectivity index (χ2v) is 6.37. The van der Waals surface area contributed by atoms with Crippen molar-refractivity contribution in [2.75, 3.05) is 32.8 Å². The van der Waals surface area contributed by atoms with E-state index in [-0.39, 0.29) is 5.91 Å². The van der Waals surface area contributed by atoms with E-state index in [1.807, 2.05) is 13.0 Å². The molecule has 2 aliphatic rings. The van der Waals surface area contributed by atoms with Crippen LogP contribution in [0.4, 0.5) is 0 Å². The number of carbonyl (C=O) groups is 1. The molecule has 0 bridgehead atoms. The van der Waals surface area contributed by atoms with Gasteiger partial charge in [-0.1, -0.05) is 0 Å². The number of imidazole rings is 1. The van der Waals surface area contributed by atoms with Crippen molar-refractivity contribution in [3.05, 3.63) is 41.4 Å². The van der Waals surface area contributed by atoms with Gasteiger partial charge in [0.1, 0.15) is 11.6 Å². The van der Waals surface area contributed by atoms with Gasteiger partial charge in [0.2, 0.25) is 0 Å². The summed E-state index contributed by atoms with van der Waals surface area (Å²) in [5.41, 5.74) is 1.06. The molecule has 7 nitrogen and oxygen atoms in total. The molecule has 2 aromatic heterocycles. The second-order valence-electron chi connectivity index (χ2n) is 6.37. The first-order chi connectivity index (χ1) is 11.7. The maximum Gasteiger partial charge on any atom is 0.290 e. The molecule has 4 heterocycles. The molecule has 0 spiro atoms. The summed E-state index contributed by atoms with van der Waals surface area (Å²) in [6, 6.07) is 3.56. The summed E-state index contributed by atoms with van der Waals surface area (Å²) in [5.74, 6) is 2.04. The summed E-state index contributed by atoms with van der Waals surface area (Å²) < 4.78 is 13.0. The van der Waals surface area contributed by atoms with Crippen molar-refractivity contribution in [1.29, 1.82) is 0 Å². The van der Waals surface area contributed by atoms with Crippen molar-refractivity contribution in [3.63, 3.8) is 0 Å². The maximum atomic E-state index is 12.5. The monoisotopic (exact) mass is 330 g/mol. The van der Waals surface area contributed by atoms with Gasteiger partial charge in [-0.25, -0.2) is 4.98 Å². The molecule has 128 valence electrons. The molecule has 2 aromatic rings. The lowest BCUT2D eigenvalue weighted by molar-refractivity contribution is 0.0337. The van der Waals surface area contributed by atoms with Crippen LogP contribution >= 0.6 is 0 Å². The lowest BCUT2D eigenvalue weighted by Crippen LogP contribution is -2.38. The van der Waals surface area contributed by atoms with E-state index >= 15 is 0 Å². The van der Waals surface area contributed by atoms with Crippen LogP contribution in [0.3, 0.4) is 0 Å². The molecule has 0 unspecified atom stereocenters. The van der Waals surface area contributed by atoms with Gasteiger partial charge in [-0.3, -0.25) is 9.69 Å². The molecule has 0 aliphatic carbocycles. The molecular weight excluding hydrogens is 308 g/mol. The summed E-state index contributed by atoms with van der Waals surface area (Å²) in [7, 11) is 0. The van der Waals surface area contributed by atoms with E-state index in [0.717, 1.165) is 56.7 Å². The standard InChI is InChI=1S/C17H22N4O3/c1-13-2-3-15(24-13)17(22)21-5-4-20-11-14(18-16(20)12-21)10-19-6-8-23-9-7-19/h2-3,11H,4-10,12H2,1H3. The van der Waals surface area contributed by atoms with E-state index in [4.69, 9.17) is 14.1 Å². The number of ether oxygens (including phenoxy) is 1. The number of rotatable bonds is 3. The molecule has 1 amide bonds. The van der Waals surface area contributed by atoms with Crippen LogP contribution in [0.2, 0.25) is 0 Å². The number of furan rings is 1. The normalized spacial score (nSPS) is 18.6. The largest absolute Gasteiger partial charge is 0.456 e. The Balaban J connectivity index is 1.44. The third kappa shape index (κ3) is 3.09. The van der Waals surface area contributed by atoms with Gasteiger partial charge < -0.3 is 18.6 Å². The van der Waals surface area contributed by atoms with Crippen LogP contribution in [0.15, 0.2) is 22.7 Å². The predicted octanol–water partition coefficient (Wildman–Crippen LogP) is 1.27. The minimum atomic E-state index is -0.0629. The van der Waals surface area contributed by atoms with E-state index in [2.05, 4.69) is 15.7 Å². The number of nitrogens with zero attached hydrogens (tertiary/aromatic N) is 4. The van der Waals surface area contributed by atoms with Gasteiger partial charge in [0.05, 0.1) is 25.5 Å². The number of aromatic nitrogens is 2. The molecule has 1 fully saturated rings. The van der Waals surface area contributed by atoms with Gasteiger partial charge in [0, 0.05) is 38.9 Å². The highest BCUT2D eigenvalue weighted by Crippen LogP contribution is 2.18. The van der Waals surface area contributed by atoms with Crippen LogP contribution in [0, 0.1) is 6.92 Å². The summed E-state index contributed by atoms with van der Waals surface area (Å²) in [6.45, 7) is 8.15. The highest BCUT2D eigenvalue weighted by Gasteiger charge is 2.25. The van der Waals surface area contributed by atoms with E-state index in [1.54, 1.807) is 11.0 Å².